The summed E-state index contributed by atoms with van der Waals surface area (Å²) in [7, 11) is 1.72. The number of aromatic nitrogens is 2. The maximum atomic E-state index is 13.3. The van der Waals surface area contributed by atoms with Crippen LogP contribution in [0.4, 0.5) is 4.79 Å². The summed E-state index contributed by atoms with van der Waals surface area (Å²) in [5.41, 5.74) is 1.51. The van der Waals surface area contributed by atoms with E-state index in [1.165, 1.54) is 0 Å². The molecule has 7 heteroatoms. The van der Waals surface area contributed by atoms with Gasteiger partial charge < -0.3 is 9.64 Å². The Labute approximate surface area is 182 Å². The van der Waals surface area contributed by atoms with Gasteiger partial charge in [-0.25, -0.2) is 9.78 Å². The van der Waals surface area contributed by atoms with Crippen molar-refractivity contribution >= 4 is 17.7 Å². The monoisotopic (exact) mass is 431 g/mol. The molecule has 2 aromatic rings. The van der Waals surface area contributed by atoms with Gasteiger partial charge in [0.05, 0.1) is 17.8 Å². The molecular formula is C23H30ClN3O3. The third-order valence-corrected chi connectivity index (χ3v) is 5.50. The van der Waals surface area contributed by atoms with Gasteiger partial charge in [0.1, 0.15) is 11.4 Å². The first-order chi connectivity index (χ1) is 14.1. The second kappa shape index (κ2) is 8.80. The third-order valence-electron chi connectivity index (χ3n) is 5.25. The SMILES string of the molecule is CCCCC1CN(C(=O)OC(C)(C)C)Cc2c1nc(-c1ccc(Cl)cc1)n(C)c2=O. The standard InChI is InChI=1S/C23H30ClN3O3/c1-6-7-8-16-13-27(22(29)30-23(2,3)4)14-18-19(16)25-20(26(5)21(18)28)15-9-11-17(24)12-10-15/h9-12,16H,6-8,13-14H2,1-5H3. The molecule has 1 aromatic heterocycles. The van der Waals surface area contributed by atoms with E-state index >= 15 is 0 Å². The molecule has 1 aromatic carbocycles. The molecule has 1 atom stereocenters. The number of hydrogen-bond acceptors (Lipinski definition) is 4. The van der Waals surface area contributed by atoms with Crippen molar-refractivity contribution in [3.05, 3.63) is 50.9 Å². The molecule has 1 unspecified atom stereocenters. The summed E-state index contributed by atoms with van der Waals surface area (Å²) < 4.78 is 7.12. The van der Waals surface area contributed by atoms with Gasteiger partial charge in [0.25, 0.3) is 5.56 Å². The average Bonchev–Trinajstić information content (AvgIpc) is 2.68. The number of carbonyl (C=O) groups excluding carboxylic acids is 1. The lowest BCUT2D eigenvalue weighted by Gasteiger charge is -2.35. The Hall–Kier alpha value is -2.34. The quantitative estimate of drug-likeness (QED) is 0.673. The van der Waals surface area contributed by atoms with Crippen molar-refractivity contribution in [2.45, 2.75) is 65.0 Å². The highest BCUT2D eigenvalue weighted by atomic mass is 35.5. The molecule has 0 saturated heterocycles. The number of nitrogens with zero attached hydrogens (tertiary/aromatic N) is 3. The number of unbranched alkanes of at least 4 members (excludes halogenated alkanes) is 1. The minimum Gasteiger partial charge on any atom is -0.444 e. The zero-order valence-electron chi connectivity index (χ0n) is 18.4. The van der Waals surface area contributed by atoms with Crippen LogP contribution in [0.3, 0.4) is 0 Å². The lowest BCUT2D eigenvalue weighted by Crippen LogP contribution is -2.45. The van der Waals surface area contributed by atoms with Gasteiger partial charge in [-0.1, -0.05) is 31.4 Å². The van der Waals surface area contributed by atoms with Gasteiger partial charge in [-0.2, -0.15) is 0 Å². The fraction of sp³-hybridized carbons (Fsp3) is 0.522. The fourth-order valence-electron chi connectivity index (χ4n) is 3.76. The number of ether oxygens (including phenoxy) is 1. The van der Waals surface area contributed by atoms with Crippen LogP contribution >= 0.6 is 11.6 Å². The Bertz CT molecular complexity index is 977. The van der Waals surface area contributed by atoms with Crippen molar-refractivity contribution in [1.82, 2.24) is 14.5 Å². The second-order valence-corrected chi connectivity index (χ2v) is 9.31. The van der Waals surface area contributed by atoms with E-state index in [0.29, 0.717) is 23.0 Å². The van der Waals surface area contributed by atoms with Crippen molar-refractivity contribution < 1.29 is 9.53 Å². The summed E-state index contributed by atoms with van der Waals surface area (Å²) in [5, 5.41) is 0.635. The van der Waals surface area contributed by atoms with Gasteiger partial charge in [-0.05, 0) is 51.5 Å². The van der Waals surface area contributed by atoms with Gasteiger partial charge in [0.15, 0.2) is 0 Å². The Morgan fingerprint density at radius 3 is 2.53 bits per heavy atom. The Kier molecular flexibility index (Phi) is 6.56. The van der Waals surface area contributed by atoms with Crippen LogP contribution in [-0.4, -0.2) is 32.7 Å². The minimum atomic E-state index is -0.585. The van der Waals surface area contributed by atoms with Gasteiger partial charge in [0, 0.05) is 30.1 Å². The molecule has 2 heterocycles. The molecule has 1 aliphatic heterocycles. The van der Waals surface area contributed by atoms with Crippen LogP contribution in [0.2, 0.25) is 5.02 Å². The molecule has 0 spiro atoms. The van der Waals surface area contributed by atoms with Crippen molar-refractivity contribution in [1.29, 1.82) is 0 Å². The predicted octanol–water partition coefficient (Wildman–Crippen LogP) is 5.13. The van der Waals surface area contributed by atoms with E-state index < -0.39 is 11.7 Å². The summed E-state index contributed by atoms with van der Waals surface area (Å²) in [6.07, 6.45) is 2.51. The number of fused-ring (bicyclic) bond motifs is 1. The Morgan fingerprint density at radius 1 is 1.27 bits per heavy atom. The van der Waals surface area contributed by atoms with Crippen LogP contribution in [0.25, 0.3) is 11.4 Å². The zero-order valence-corrected chi connectivity index (χ0v) is 19.1. The Balaban J connectivity index is 2.05. The lowest BCUT2D eigenvalue weighted by molar-refractivity contribution is 0.0199. The normalized spacial score (nSPS) is 16.3. The molecule has 1 amide bonds. The van der Waals surface area contributed by atoms with E-state index in [1.807, 2.05) is 32.9 Å². The molecule has 0 fully saturated rings. The first-order valence-corrected chi connectivity index (χ1v) is 10.8. The molecule has 0 saturated carbocycles. The summed E-state index contributed by atoms with van der Waals surface area (Å²) in [6, 6.07) is 7.32. The van der Waals surface area contributed by atoms with Crippen molar-refractivity contribution in [2.24, 2.45) is 7.05 Å². The first-order valence-electron chi connectivity index (χ1n) is 10.4. The molecule has 1 aliphatic rings. The van der Waals surface area contributed by atoms with Crippen LogP contribution in [0.15, 0.2) is 29.1 Å². The first kappa shape index (κ1) is 22.3. The number of benzene rings is 1. The van der Waals surface area contributed by atoms with Crippen LogP contribution in [-0.2, 0) is 18.3 Å². The largest absolute Gasteiger partial charge is 0.444 e. The second-order valence-electron chi connectivity index (χ2n) is 8.87. The van der Waals surface area contributed by atoms with Crippen LogP contribution in [0.5, 0.6) is 0 Å². The summed E-state index contributed by atoms with van der Waals surface area (Å²) in [4.78, 5) is 32.5. The van der Waals surface area contributed by atoms with Crippen LogP contribution in [0, 0.1) is 0 Å². The summed E-state index contributed by atoms with van der Waals surface area (Å²) >= 11 is 6.02. The average molecular weight is 432 g/mol. The predicted molar refractivity (Wildman–Crippen MR) is 119 cm³/mol. The van der Waals surface area contributed by atoms with Crippen LogP contribution in [0.1, 0.15) is 64.1 Å². The third kappa shape index (κ3) is 4.86. The van der Waals surface area contributed by atoms with Crippen molar-refractivity contribution in [3.63, 3.8) is 0 Å². The molecule has 30 heavy (non-hydrogen) atoms. The molecule has 0 bridgehead atoms. The Morgan fingerprint density at radius 2 is 1.93 bits per heavy atom. The smallest absolute Gasteiger partial charge is 0.410 e. The van der Waals surface area contributed by atoms with E-state index in [2.05, 4.69) is 6.92 Å². The van der Waals surface area contributed by atoms with E-state index in [1.54, 1.807) is 28.6 Å². The number of halogens is 1. The van der Waals surface area contributed by atoms with E-state index in [0.717, 1.165) is 30.5 Å². The zero-order chi connectivity index (χ0) is 22.1. The van der Waals surface area contributed by atoms with Crippen molar-refractivity contribution in [3.8, 4) is 11.4 Å². The van der Waals surface area contributed by atoms with Crippen molar-refractivity contribution in [2.75, 3.05) is 6.54 Å². The van der Waals surface area contributed by atoms with Gasteiger partial charge in [0.2, 0.25) is 0 Å². The maximum Gasteiger partial charge on any atom is 0.410 e. The number of hydrogen-bond donors (Lipinski definition) is 0. The van der Waals surface area contributed by atoms with Gasteiger partial charge >= 0.3 is 6.09 Å². The molecule has 0 aliphatic carbocycles. The lowest BCUT2D eigenvalue weighted by atomic mass is 9.90. The number of amides is 1. The fourth-order valence-corrected chi connectivity index (χ4v) is 3.89. The minimum absolute atomic E-state index is 0.00108. The van der Waals surface area contributed by atoms with Gasteiger partial charge in [-0.3, -0.25) is 9.36 Å². The highest BCUT2D eigenvalue weighted by molar-refractivity contribution is 6.30. The number of carbonyl (C=O) groups is 1. The summed E-state index contributed by atoms with van der Waals surface area (Å²) in [6.45, 7) is 8.38. The molecule has 162 valence electrons. The molecule has 6 nitrogen and oxygen atoms in total. The van der Waals surface area contributed by atoms with E-state index in [-0.39, 0.29) is 18.0 Å². The van der Waals surface area contributed by atoms with E-state index in [9.17, 15) is 9.59 Å². The number of rotatable bonds is 4. The van der Waals surface area contributed by atoms with E-state index in [4.69, 9.17) is 21.3 Å². The van der Waals surface area contributed by atoms with Crippen LogP contribution < -0.4 is 5.56 Å². The van der Waals surface area contributed by atoms with Gasteiger partial charge in [-0.15, -0.1) is 0 Å². The maximum absolute atomic E-state index is 13.3. The molecule has 0 N–H and O–H groups in total. The highest BCUT2D eigenvalue weighted by Crippen LogP contribution is 2.32. The molecule has 0 radical (unpaired) electrons. The molecule has 3 rings (SSSR count). The molecular weight excluding hydrogens is 402 g/mol. The summed E-state index contributed by atoms with van der Waals surface area (Å²) in [5.74, 6) is 0.615. The topological polar surface area (TPSA) is 64.4 Å². The highest BCUT2D eigenvalue weighted by Gasteiger charge is 2.34.